The van der Waals surface area contributed by atoms with Gasteiger partial charge in [-0.25, -0.2) is 8.78 Å². The summed E-state index contributed by atoms with van der Waals surface area (Å²) in [6.07, 6.45) is 3.34. The zero-order valence-corrected chi connectivity index (χ0v) is 9.63. The van der Waals surface area contributed by atoms with Crippen molar-refractivity contribution in [1.29, 1.82) is 0 Å². The fraction of sp³-hybridized carbons (Fsp3) is 0.538. The second kappa shape index (κ2) is 3.95. The molecule has 92 valence electrons. The summed E-state index contributed by atoms with van der Waals surface area (Å²) in [7, 11) is 0. The summed E-state index contributed by atoms with van der Waals surface area (Å²) in [5.41, 5.74) is 6.06. The van der Waals surface area contributed by atoms with Crippen molar-refractivity contribution in [2.45, 2.75) is 31.8 Å². The minimum atomic E-state index is -0.474. The van der Waals surface area contributed by atoms with Gasteiger partial charge in [0.25, 0.3) is 0 Å². The van der Waals surface area contributed by atoms with Crippen molar-refractivity contribution in [2.24, 2.45) is 11.7 Å². The fourth-order valence-electron chi connectivity index (χ4n) is 3.21. The molecule has 1 saturated heterocycles. The van der Waals surface area contributed by atoms with Crippen molar-refractivity contribution in [2.75, 3.05) is 11.4 Å². The summed E-state index contributed by atoms with van der Waals surface area (Å²) in [5.74, 6) is -0.330. The number of fused-ring (bicyclic) bond motifs is 2. The van der Waals surface area contributed by atoms with E-state index in [2.05, 4.69) is 0 Å². The molecular formula is C13H16F2N2. The molecule has 3 rings (SSSR count). The van der Waals surface area contributed by atoms with Crippen LogP contribution in [0.1, 0.15) is 24.8 Å². The van der Waals surface area contributed by atoms with Gasteiger partial charge in [-0.05, 0) is 42.9 Å². The first-order valence-electron chi connectivity index (χ1n) is 6.13. The Morgan fingerprint density at radius 2 is 1.94 bits per heavy atom. The highest BCUT2D eigenvalue weighted by atomic mass is 19.1. The van der Waals surface area contributed by atoms with E-state index in [1.165, 1.54) is 18.6 Å². The van der Waals surface area contributed by atoms with Crippen LogP contribution in [-0.4, -0.2) is 12.6 Å². The predicted molar refractivity (Wildman–Crippen MR) is 62.7 cm³/mol. The molecule has 2 aliphatic rings. The van der Waals surface area contributed by atoms with Gasteiger partial charge in [0.15, 0.2) is 0 Å². The van der Waals surface area contributed by atoms with Crippen molar-refractivity contribution in [3.05, 3.63) is 29.3 Å². The molecule has 2 unspecified atom stereocenters. The maximum atomic E-state index is 13.9. The third-order valence-electron chi connectivity index (χ3n) is 4.01. The zero-order valence-electron chi connectivity index (χ0n) is 9.63. The molecule has 4 heteroatoms. The van der Waals surface area contributed by atoms with Gasteiger partial charge in [0, 0.05) is 19.1 Å². The van der Waals surface area contributed by atoms with Crippen LogP contribution in [0, 0.1) is 17.6 Å². The lowest BCUT2D eigenvalue weighted by atomic mass is 10.1. The molecule has 0 aromatic heterocycles. The Kier molecular flexibility index (Phi) is 2.54. The maximum absolute atomic E-state index is 13.9. The molecule has 17 heavy (non-hydrogen) atoms. The molecule has 1 aliphatic heterocycles. The number of hydrogen-bond acceptors (Lipinski definition) is 2. The normalized spacial score (nSPS) is 26.9. The number of piperidine rings is 1. The monoisotopic (exact) mass is 238 g/mol. The first-order valence-corrected chi connectivity index (χ1v) is 6.13. The highest BCUT2D eigenvalue weighted by molar-refractivity contribution is 5.53. The molecule has 2 bridgehead atoms. The van der Waals surface area contributed by atoms with E-state index in [0.717, 1.165) is 19.4 Å². The van der Waals surface area contributed by atoms with Gasteiger partial charge < -0.3 is 10.6 Å². The minimum absolute atomic E-state index is 0.148. The van der Waals surface area contributed by atoms with E-state index in [9.17, 15) is 8.78 Å². The first-order chi connectivity index (χ1) is 8.19. The van der Waals surface area contributed by atoms with Crippen LogP contribution >= 0.6 is 0 Å². The van der Waals surface area contributed by atoms with E-state index in [-0.39, 0.29) is 12.2 Å². The van der Waals surface area contributed by atoms with E-state index in [1.54, 1.807) is 0 Å². The summed E-state index contributed by atoms with van der Waals surface area (Å²) in [4.78, 5) is 1.90. The Hall–Kier alpha value is -1.16. The third-order valence-corrected chi connectivity index (χ3v) is 4.01. The smallest absolute Gasteiger partial charge is 0.149 e. The molecule has 0 amide bonds. The van der Waals surface area contributed by atoms with Crippen molar-refractivity contribution in [3.63, 3.8) is 0 Å². The third kappa shape index (κ3) is 1.71. The first kappa shape index (κ1) is 11.0. The molecule has 1 heterocycles. The van der Waals surface area contributed by atoms with Gasteiger partial charge in [0.1, 0.15) is 17.3 Å². The number of nitrogens with zero attached hydrogens (tertiary/aromatic N) is 1. The van der Waals surface area contributed by atoms with Gasteiger partial charge in [-0.2, -0.15) is 0 Å². The Morgan fingerprint density at radius 1 is 1.24 bits per heavy atom. The van der Waals surface area contributed by atoms with Crippen LogP contribution in [0.5, 0.6) is 0 Å². The molecule has 1 saturated carbocycles. The molecule has 1 aromatic carbocycles. The lowest BCUT2D eigenvalue weighted by Crippen LogP contribution is -2.33. The number of halogens is 2. The molecular weight excluding hydrogens is 222 g/mol. The molecule has 2 N–H and O–H groups in total. The van der Waals surface area contributed by atoms with E-state index in [1.807, 2.05) is 4.90 Å². The van der Waals surface area contributed by atoms with Crippen molar-refractivity contribution in [1.82, 2.24) is 0 Å². The van der Waals surface area contributed by atoms with E-state index in [4.69, 9.17) is 5.73 Å². The van der Waals surface area contributed by atoms with Crippen LogP contribution in [0.15, 0.2) is 12.1 Å². The number of hydrogen-bond donors (Lipinski definition) is 1. The number of anilines is 1. The molecule has 2 nitrogen and oxygen atoms in total. The topological polar surface area (TPSA) is 29.3 Å². The number of nitrogens with two attached hydrogens (primary N) is 1. The van der Waals surface area contributed by atoms with Gasteiger partial charge in [-0.1, -0.05) is 0 Å². The summed E-state index contributed by atoms with van der Waals surface area (Å²) in [6.45, 7) is 0.959. The molecule has 0 spiro atoms. The van der Waals surface area contributed by atoms with E-state index < -0.39 is 11.6 Å². The summed E-state index contributed by atoms with van der Waals surface area (Å²) in [6, 6.07) is 3.03. The van der Waals surface area contributed by atoms with Crippen molar-refractivity contribution in [3.8, 4) is 0 Å². The van der Waals surface area contributed by atoms with Crippen LogP contribution in [-0.2, 0) is 6.54 Å². The predicted octanol–water partition coefficient (Wildman–Crippen LogP) is 2.41. The standard InChI is InChI=1S/C13H16F2N2/c14-11-4-9(6-16)5-12(15)13(11)17-7-8-1-2-10(17)3-8/h4-5,8,10H,1-3,6-7,16H2. The lowest BCUT2D eigenvalue weighted by Gasteiger charge is -2.29. The highest BCUT2D eigenvalue weighted by Crippen LogP contribution is 2.41. The van der Waals surface area contributed by atoms with Crippen molar-refractivity contribution >= 4 is 5.69 Å². The van der Waals surface area contributed by atoms with Gasteiger partial charge >= 0.3 is 0 Å². The lowest BCUT2D eigenvalue weighted by molar-refractivity contribution is 0.519. The van der Waals surface area contributed by atoms with Gasteiger partial charge in [-0.3, -0.25) is 0 Å². The highest BCUT2D eigenvalue weighted by Gasteiger charge is 2.39. The van der Waals surface area contributed by atoms with E-state index in [0.29, 0.717) is 17.5 Å². The summed E-state index contributed by atoms with van der Waals surface area (Å²) in [5, 5.41) is 0. The second-order valence-electron chi connectivity index (χ2n) is 5.10. The molecule has 2 fully saturated rings. The number of benzene rings is 1. The van der Waals surface area contributed by atoms with Gasteiger partial charge in [0.05, 0.1) is 0 Å². The summed E-state index contributed by atoms with van der Waals surface area (Å²) >= 11 is 0. The Morgan fingerprint density at radius 3 is 2.41 bits per heavy atom. The Labute approximate surface area is 99.4 Å². The number of rotatable bonds is 2. The molecule has 1 aromatic rings. The Bertz CT molecular complexity index is 424. The SMILES string of the molecule is NCc1cc(F)c(N2CC3CCC2C3)c(F)c1. The molecule has 2 atom stereocenters. The van der Waals surface area contributed by atoms with Crippen LogP contribution < -0.4 is 10.6 Å². The average molecular weight is 238 g/mol. The second-order valence-corrected chi connectivity index (χ2v) is 5.10. The minimum Gasteiger partial charge on any atom is -0.364 e. The molecule has 1 aliphatic carbocycles. The zero-order chi connectivity index (χ0) is 12.0. The van der Waals surface area contributed by atoms with Gasteiger partial charge in [-0.15, -0.1) is 0 Å². The van der Waals surface area contributed by atoms with Crippen LogP contribution in [0.2, 0.25) is 0 Å². The van der Waals surface area contributed by atoms with Crippen LogP contribution in [0.4, 0.5) is 14.5 Å². The van der Waals surface area contributed by atoms with Crippen LogP contribution in [0.25, 0.3) is 0 Å². The van der Waals surface area contributed by atoms with Crippen LogP contribution in [0.3, 0.4) is 0 Å². The Balaban J connectivity index is 1.98. The molecule has 0 radical (unpaired) electrons. The maximum Gasteiger partial charge on any atom is 0.149 e. The average Bonchev–Trinajstić information content (AvgIpc) is 2.90. The van der Waals surface area contributed by atoms with Crippen molar-refractivity contribution < 1.29 is 8.78 Å². The quantitative estimate of drug-likeness (QED) is 0.857. The van der Waals surface area contributed by atoms with Gasteiger partial charge in [0.2, 0.25) is 0 Å². The van der Waals surface area contributed by atoms with E-state index >= 15 is 0 Å². The fourth-order valence-corrected chi connectivity index (χ4v) is 3.21. The summed E-state index contributed by atoms with van der Waals surface area (Å²) < 4.78 is 27.9. The largest absolute Gasteiger partial charge is 0.364 e.